The van der Waals surface area contributed by atoms with Crippen LogP contribution in [0.3, 0.4) is 0 Å². The highest BCUT2D eigenvalue weighted by Gasteiger charge is 2.28. The molecule has 176 valence electrons. The van der Waals surface area contributed by atoms with E-state index < -0.39 is 0 Å². The van der Waals surface area contributed by atoms with E-state index in [1.54, 1.807) is 44.6 Å². The monoisotopic (exact) mass is 480 g/mol. The van der Waals surface area contributed by atoms with Crippen molar-refractivity contribution in [3.05, 3.63) is 88.1 Å². The predicted molar refractivity (Wildman–Crippen MR) is 133 cm³/mol. The van der Waals surface area contributed by atoms with Gasteiger partial charge in [-0.25, -0.2) is 4.39 Å². The SMILES string of the molecule is COc1ccc(C)cc1NC1NC(=O)/C(=C/c2ccc(OCc3cccc(F)c3)c(OC)c2)S1. The molecule has 1 aliphatic heterocycles. The normalized spacial score (nSPS) is 16.3. The largest absolute Gasteiger partial charge is 0.495 e. The number of rotatable bonds is 8. The van der Waals surface area contributed by atoms with E-state index in [0.717, 1.165) is 22.4 Å². The fourth-order valence-corrected chi connectivity index (χ4v) is 4.45. The molecule has 1 amide bonds. The van der Waals surface area contributed by atoms with E-state index in [2.05, 4.69) is 10.6 Å². The summed E-state index contributed by atoms with van der Waals surface area (Å²) < 4.78 is 30.1. The minimum absolute atomic E-state index is 0.167. The summed E-state index contributed by atoms with van der Waals surface area (Å²) in [6, 6.07) is 17.5. The Labute approximate surface area is 202 Å². The van der Waals surface area contributed by atoms with Crippen molar-refractivity contribution in [3.63, 3.8) is 0 Å². The van der Waals surface area contributed by atoms with Crippen molar-refractivity contribution in [2.24, 2.45) is 0 Å². The summed E-state index contributed by atoms with van der Waals surface area (Å²) in [5.41, 5.74) is 3.07. The number of ether oxygens (including phenoxy) is 3. The van der Waals surface area contributed by atoms with Gasteiger partial charge in [0.2, 0.25) is 0 Å². The molecule has 2 N–H and O–H groups in total. The molecule has 0 aromatic heterocycles. The van der Waals surface area contributed by atoms with Crippen molar-refractivity contribution in [2.75, 3.05) is 19.5 Å². The molecule has 8 heteroatoms. The first-order valence-electron chi connectivity index (χ1n) is 10.6. The Morgan fingerprint density at radius 3 is 2.59 bits per heavy atom. The van der Waals surface area contributed by atoms with Gasteiger partial charge in [-0.2, -0.15) is 0 Å². The van der Waals surface area contributed by atoms with E-state index in [1.165, 1.54) is 23.9 Å². The number of carbonyl (C=O) groups excluding carboxylic acids is 1. The number of hydrogen-bond donors (Lipinski definition) is 2. The fraction of sp³-hybridized carbons (Fsp3) is 0.192. The van der Waals surface area contributed by atoms with Crippen molar-refractivity contribution in [2.45, 2.75) is 19.0 Å². The molecule has 0 aliphatic carbocycles. The van der Waals surface area contributed by atoms with Gasteiger partial charge in [-0.05, 0) is 66.1 Å². The van der Waals surface area contributed by atoms with Crippen LogP contribution >= 0.6 is 11.8 Å². The van der Waals surface area contributed by atoms with Crippen molar-refractivity contribution < 1.29 is 23.4 Å². The topological polar surface area (TPSA) is 68.8 Å². The number of benzene rings is 3. The van der Waals surface area contributed by atoms with Gasteiger partial charge in [0.15, 0.2) is 17.0 Å². The standard InChI is InChI=1S/C26H25FN2O4S/c1-16-7-9-21(31-2)20(11-16)28-26-29-25(30)24(34-26)14-17-8-10-22(23(13-17)32-3)33-15-18-5-4-6-19(27)12-18/h4-14,26,28H,15H2,1-3H3,(H,29,30)/b24-14-. The van der Waals surface area contributed by atoms with E-state index in [9.17, 15) is 9.18 Å². The Balaban J connectivity index is 1.46. The zero-order valence-corrected chi connectivity index (χ0v) is 19.9. The van der Waals surface area contributed by atoms with Crippen molar-refractivity contribution in [1.29, 1.82) is 0 Å². The van der Waals surface area contributed by atoms with Gasteiger partial charge in [0.25, 0.3) is 5.91 Å². The first-order chi connectivity index (χ1) is 16.4. The van der Waals surface area contributed by atoms with Gasteiger partial charge in [-0.15, -0.1) is 0 Å². The molecule has 6 nitrogen and oxygen atoms in total. The molecule has 3 aromatic rings. The molecule has 4 rings (SSSR count). The molecule has 3 aromatic carbocycles. The van der Waals surface area contributed by atoms with Crippen LogP contribution in [0.15, 0.2) is 65.6 Å². The molecular weight excluding hydrogens is 455 g/mol. The Morgan fingerprint density at radius 2 is 1.82 bits per heavy atom. The van der Waals surface area contributed by atoms with Crippen LogP contribution in [0, 0.1) is 12.7 Å². The molecule has 0 saturated carbocycles. The highest BCUT2D eigenvalue weighted by atomic mass is 32.2. The van der Waals surface area contributed by atoms with E-state index >= 15 is 0 Å². The molecule has 1 aliphatic rings. The quantitative estimate of drug-likeness (QED) is 0.425. The van der Waals surface area contributed by atoms with Crippen molar-refractivity contribution in [3.8, 4) is 17.2 Å². The molecule has 34 heavy (non-hydrogen) atoms. The number of amides is 1. The minimum atomic E-state index is -0.328. The minimum Gasteiger partial charge on any atom is -0.495 e. The van der Waals surface area contributed by atoms with Crippen molar-refractivity contribution >= 4 is 29.4 Å². The average Bonchev–Trinajstić information content (AvgIpc) is 3.16. The van der Waals surface area contributed by atoms with Gasteiger partial charge in [-0.1, -0.05) is 36.0 Å². The zero-order valence-electron chi connectivity index (χ0n) is 19.1. The summed E-state index contributed by atoms with van der Waals surface area (Å²) in [6.07, 6.45) is 1.80. The molecule has 1 unspecified atom stereocenters. The van der Waals surface area contributed by atoms with Crippen LogP contribution in [-0.4, -0.2) is 25.6 Å². The second-order valence-corrected chi connectivity index (χ2v) is 8.80. The second-order valence-electron chi connectivity index (χ2n) is 7.66. The van der Waals surface area contributed by atoms with Gasteiger partial charge >= 0.3 is 0 Å². The maximum atomic E-state index is 13.4. The third kappa shape index (κ3) is 5.63. The van der Waals surface area contributed by atoms with Gasteiger partial charge in [-0.3, -0.25) is 4.79 Å². The van der Waals surface area contributed by atoms with Crippen LogP contribution < -0.4 is 24.8 Å². The van der Waals surface area contributed by atoms with Crippen LogP contribution in [0.2, 0.25) is 0 Å². The number of aryl methyl sites for hydroxylation is 1. The Morgan fingerprint density at radius 1 is 1.03 bits per heavy atom. The summed E-state index contributed by atoms with van der Waals surface area (Å²) in [7, 11) is 3.16. The summed E-state index contributed by atoms with van der Waals surface area (Å²) >= 11 is 1.39. The zero-order chi connectivity index (χ0) is 24.1. The number of nitrogens with one attached hydrogen (secondary N) is 2. The number of halogens is 1. The Hall–Kier alpha value is -3.65. The van der Waals surface area contributed by atoms with Gasteiger partial charge < -0.3 is 24.8 Å². The van der Waals surface area contributed by atoms with E-state index in [1.807, 2.05) is 31.2 Å². The lowest BCUT2D eigenvalue weighted by Gasteiger charge is -2.16. The average molecular weight is 481 g/mol. The van der Waals surface area contributed by atoms with Crippen LogP contribution in [0.1, 0.15) is 16.7 Å². The lowest BCUT2D eigenvalue weighted by molar-refractivity contribution is -0.116. The lowest BCUT2D eigenvalue weighted by atomic mass is 10.2. The maximum Gasteiger partial charge on any atom is 0.260 e. The molecule has 1 atom stereocenters. The van der Waals surface area contributed by atoms with E-state index in [0.29, 0.717) is 22.2 Å². The highest BCUT2D eigenvalue weighted by Crippen LogP contribution is 2.35. The molecule has 0 spiro atoms. The van der Waals surface area contributed by atoms with E-state index in [4.69, 9.17) is 14.2 Å². The fourth-order valence-electron chi connectivity index (χ4n) is 3.47. The number of carbonyl (C=O) groups is 1. The Kier molecular flexibility index (Phi) is 7.27. The first kappa shape index (κ1) is 23.5. The second kappa shape index (κ2) is 10.5. The van der Waals surface area contributed by atoms with E-state index in [-0.39, 0.29) is 23.8 Å². The molecule has 1 saturated heterocycles. The number of hydrogen-bond acceptors (Lipinski definition) is 6. The summed E-state index contributed by atoms with van der Waals surface area (Å²) in [4.78, 5) is 13.1. The number of methoxy groups -OCH3 is 2. The number of thioether (sulfide) groups is 1. The molecule has 1 fully saturated rings. The van der Waals surface area contributed by atoms with Crippen LogP contribution in [0.4, 0.5) is 10.1 Å². The van der Waals surface area contributed by atoms with Crippen molar-refractivity contribution in [1.82, 2.24) is 5.32 Å². The summed E-state index contributed by atoms with van der Waals surface area (Å²) in [6.45, 7) is 2.21. The molecule has 1 heterocycles. The van der Waals surface area contributed by atoms with Gasteiger partial charge in [0.1, 0.15) is 18.2 Å². The maximum absolute atomic E-state index is 13.4. The smallest absolute Gasteiger partial charge is 0.260 e. The molecule has 0 bridgehead atoms. The van der Waals surface area contributed by atoms with Gasteiger partial charge in [0.05, 0.1) is 24.8 Å². The first-order valence-corrected chi connectivity index (χ1v) is 11.5. The van der Waals surface area contributed by atoms with Crippen LogP contribution in [-0.2, 0) is 11.4 Å². The molecule has 0 radical (unpaired) electrons. The molecular formula is C26H25FN2O4S. The third-order valence-corrected chi connectivity index (χ3v) is 6.17. The summed E-state index contributed by atoms with van der Waals surface area (Å²) in [5.74, 6) is 1.28. The van der Waals surface area contributed by atoms with Crippen LogP contribution in [0.25, 0.3) is 6.08 Å². The highest BCUT2D eigenvalue weighted by molar-refractivity contribution is 8.05. The Bertz CT molecular complexity index is 1230. The number of anilines is 1. The third-order valence-electron chi connectivity index (χ3n) is 5.14. The predicted octanol–water partition coefficient (Wildman–Crippen LogP) is 5.33. The van der Waals surface area contributed by atoms with Crippen LogP contribution in [0.5, 0.6) is 17.2 Å². The summed E-state index contributed by atoms with van der Waals surface area (Å²) in [5, 5.41) is 6.24. The lowest BCUT2D eigenvalue weighted by Crippen LogP contribution is -2.31. The van der Waals surface area contributed by atoms with Gasteiger partial charge in [0, 0.05) is 0 Å².